The molecule has 2 aromatic rings. The maximum atomic E-state index is 12.9. The van der Waals surface area contributed by atoms with Crippen LogP contribution in [0.15, 0.2) is 34.9 Å². The quantitative estimate of drug-likeness (QED) is 0.618. The molecule has 0 N–H and O–H groups in total. The van der Waals surface area contributed by atoms with Crippen molar-refractivity contribution in [1.29, 1.82) is 0 Å². The number of amides is 1. The molecular weight excluding hydrogens is 465 g/mol. The molecule has 1 saturated heterocycles. The van der Waals surface area contributed by atoms with Crippen LogP contribution in [0.1, 0.15) is 34.6 Å². The summed E-state index contributed by atoms with van der Waals surface area (Å²) < 4.78 is 38.2. The van der Waals surface area contributed by atoms with Crippen molar-refractivity contribution in [3.63, 3.8) is 0 Å². The first-order chi connectivity index (χ1) is 14.1. The lowest BCUT2D eigenvalue weighted by Crippen LogP contribution is -2.37. The Balaban J connectivity index is 1.74. The molecular formula is C20H20BrF3N4O2. The molecule has 0 atom stereocenters. The van der Waals surface area contributed by atoms with Crippen molar-refractivity contribution in [2.24, 2.45) is 0 Å². The minimum absolute atomic E-state index is 0.170. The summed E-state index contributed by atoms with van der Waals surface area (Å²) in [6, 6.07) is 6.77. The molecule has 6 nitrogen and oxygen atoms in total. The zero-order valence-electron chi connectivity index (χ0n) is 16.2. The lowest BCUT2D eigenvalue weighted by molar-refractivity contribution is -0.161. The van der Waals surface area contributed by atoms with Crippen molar-refractivity contribution in [2.75, 3.05) is 31.1 Å². The molecule has 0 unspecified atom stereocenters. The van der Waals surface area contributed by atoms with Crippen LogP contribution in [0.3, 0.4) is 0 Å². The number of ketones is 1. The second-order valence-electron chi connectivity index (χ2n) is 7.01. The van der Waals surface area contributed by atoms with E-state index in [1.807, 2.05) is 4.90 Å². The Morgan fingerprint density at radius 2 is 1.93 bits per heavy atom. The second-order valence-corrected chi connectivity index (χ2v) is 7.93. The zero-order chi connectivity index (χ0) is 21.9. The van der Waals surface area contributed by atoms with E-state index in [-0.39, 0.29) is 24.6 Å². The van der Waals surface area contributed by atoms with Crippen LogP contribution in [0.25, 0.3) is 0 Å². The van der Waals surface area contributed by atoms with E-state index in [9.17, 15) is 22.8 Å². The fourth-order valence-electron chi connectivity index (χ4n) is 3.28. The third kappa shape index (κ3) is 5.56. The van der Waals surface area contributed by atoms with E-state index in [0.29, 0.717) is 41.1 Å². The molecule has 1 aliphatic heterocycles. The summed E-state index contributed by atoms with van der Waals surface area (Å²) in [5.41, 5.74) is 1.28. The SMILES string of the molecule is Cc1ncc(Br)cc1C(=O)c1cccc(N2CCCN(C(=O)CC(F)(F)F)CC2)n1. The Morgan fingerprint density at radius 1 is 1.17 bits per heavy atom. The number of hydrogen-bond acceptors (Lipinski definition) is 5. The van der Waals surface area contributed by atoms with Crippen LogP contribution in [0.5, 0.6) is 0 Å². The Bertz CT molecular complexity index is 952. The molecule has 0 radical (unpaired) electrons. The number of carbonyl (C=O) groups excluding carboxylic acids is 2. The molecule has 0 aliphatic carbocycles. The van der Waals surface area contributed by atoms with E-state index in [2.05, 4.69) is 25.9 Å². The molecule has 0 spiro atoms. The molecule has 2 aromatic heterocycles. The molecule has 0 aromatic carbocycles. The van der Waals surface area contributed by atoms with Crippen molar-refractivity contribution >= 4 is 33.4 Å². The maximum Gasteiger partial charge on any atom is 0.397 e. The van der Waals surface area contributed by atoms with Crippen LogP contribution in [0.2, 0.25) is 0 Å². The fourth-order valence-corrected chi connectivity index (χ4v) is 3.61. The summed E-state index contributed by atoms with van der Waals surface area (Å²) in [5.74, 6) is -0.634. The highest BCUT2D eigenvalue weighted by atomic mass is 79.9. The average Bonchev–Trinajstić information content (AvgIpc) is 2.94. The number of hydrogen-bond donors (Lipinski definition) is 0. The van der Waals surface area contributed by atoms with Gasteiger partial charge in [0.15, 0.2) is 0 Å². The standard InChI is InChI=1S/C20H20BrF3N4O2/c1-13-15(10-14(21)12-25-13)19(30)16-4-2-5-17(26-16)27-6-3-7-28(9-8-27)18(29)11-20(22,23)24/h2,4-5,10,12H,3,6-9,11H2,1H3. The van der Waals surface area contributed by atoms with Gasteiger partial charge in [0.05, 0.1) is 0 Å². The van der Waals surface area contributed by atoms with Crippen LogP contribution < -0.4 is 4.90 Å². The van der Waals surface area contributed by atoms with Gasteiger partial charge in [0.2, 0.25) is 11.7 Å². The van der Waals surface area contributed by atoms with E-state index in [1.54, 1.807) is 37.4 Å². The highest BCUT2D eigenvalue weighted by molar-refractivity contribution is 9.10. The summed E-state index contributed by atoms with van der Waals surface area (Å²) >= 11 is 3.31. The van der Waals surface area contributed by atoms with Gasteiger partial charge in [-0.3, -0.25) is 14.6 Å². The highest BCUT2D eigenvalue weighted by Crippen LogP contribution is 2.22. The van der Waals surface area contributed by atoms with E-state index in [4.69, 9.17) is 0 Å². The predicted octanol–water partition coefficient (Wildman–Crippen LogP) is 3.77. The lowest BCUT2D eigenvalue weighted by Gasteiger charge is -2.23. The first-order valence-electron chi connectivity index (χ1n) is 9.37. The smallest absolute Gasteiger partial charge is 0.355 e. The van der Waals surface area contributed by atoms with Gasteiger partial charge < -0.3 is 9.80 Å². The van der Waals surface area contributed by atoms with Gasteiger partial charge in [-0.2, -0.15) is 13.2 Å². The van der Waals surface area contributed by atoms with Crippen LogP contribution in [-0.4, -0.2) is 58.9 Å². The molecule has 3 heterocycles. The Labute approximate surface area is 180 Å². The molecule has 160 valence electrons. The van der Waals surface area contributed by atoms with Gasteiger partial charge in [-0.25, -0.2) is 4.98 Å². The normalized spacial score (nSPS) is 15.1. The number of nitrogens with zero attached hydrogens (tertiary/aromatic N) is 4. The van der Waals surface area contributed by atoms with Crippen LogP contribution >= 0.6 is 15.9 Å². The van der Waals surface area contributed by atoms with Crippen LogP contribution in [0, 0.1) is 6.92 Å². The minimum Gasteiger partial charge on any atom is -0.355 e. The first-order valence-corrected chi connectivity index (χ1v) is 10.2. The molecule has 1 fully saturated rings. The number of aromatic nitrogens is 2. The first kappa shape index (κ1) is 22.2. The molecule has 1 amide bonds. The Hall–Kier alpha value is -2.49. The Morgan fingerprint density at radius 3 is 2.67 bits per heavy atom. The number of carbonyl (C=O) groups is 2. The third-order valence-electron chi connectivity index (χ3n) is 4.79. The second kappa shape index (κ2) is 9.11. The third-order valence-corrected chi connectivity index (χ3v) is 5.22. The molecule has 30 heavy (non-hydrogen) atoms. The summed E-state index contributed by atoms with van der Waals surface area (Å²) in [4.78, 5) is 36.5. The van der Waals surface area contributed by atoms with Crippen molar-refractivity contribution in [3.05, 3.63) is 51.9 Å². The summed E-state index contributed by atoms with van der Waals surface area (Å²) in [6.07, 6.45) is -3.84. The van der Waals surface area contributed by atoms with Crippen molar-refractivity contribution in [2.45, 2.75) is 25.9 Å². The van der Waals surface area contributed by atoms with Gasteiger partial charge in [-0.15, -0.1) is 0 Å². The predicted molar refractivity (Wildman–Crippen MR) is 108 cm³/mol. The van der Waals surface area contributed by atoms with E-state index < -0.39 is 18.5 Å². The van der Waals surface area contributed by atoms with Gasteiger partial charge in [0, 0.05) is 48.1 Å². The monoisotopic (exact) mass is 484 g/mol. The number of anilines is 1. The van der Waals surface area contributed by atoms with Crippen molar-refractivity contribution < 1.29 is 22.8 Å². The molecule has 0 bridgehead atoms. The zero-order valence-corrected chi connectivity index (χ0v) is 17.8. The van der Waals surface area contributed by atoms with Crippen LogP contribution in [-0.2, 0) is 4.79 Å². The highest BCUT2D eigenvalue weighted by Gasteiger charge is 2.34. The largest absolute Gasteiger partial charge is 0.397 e. The number of alkyl halides is 3. The van der Waals surface area contributed by atoms with Gasteiger partial charge in [0.25, 0.3) is 0 Å². The van der Waals surface area contributed by atoms with Gasteiger partial charge in [-0.05, 0) is 47.5 Å². The number of pyridine rings is 2. The van der Waals surface area contributed by atoms with E-state index in [1.165, 1.54) is 4.90 Å². The number of aryl methyl sites for hydroxylation is 1. The van der Waals surface area contributed by atoms with E-state index >= 15 is 0 Å². The molecule has 0 saturated carbocycles. The van der Waals surface area contributed by atoms with Gasteiger partial charge in [0.1, 0.15) is 17.9 Å². The van der Waals surface area contributed by atoms with Gasteiger partial charge >= 0.3 is 6.18 Å². The fraction of sp³-hybridized carbons (Fsp3) is 0.400. The average molecular weight is 485 g/mol. The van der Waals surface area contributed by atoms with Crippen LogP contribution in [0.4, 0.5) is 19.0 Å². The van der Waals surface area contributed by atoms with E-state index in [0.717, 1.165) is 0 Å². The molecule has 1 aliphatic rings. The Kier molecular flexibility index (Phi) is 6.74. The van der Waals surface area contributed by atoms with Gasteiger partial charge in [-0.1, -0.05) is 6.07 Å². The minimum atomic E-state index is -4.52. The summed E-state index contributed by atoms with van der Waals surface area (Å²) in [6.45, 7) is 3.03. The number of halogens is 4. The lowest BCUT2D eigenvalue weighted by atomic mass is 10.1. The molecule has 3 rings (SSSR count). The molecule has 10 heteroatoms. The van der Waals surface area contributed by atoms with Crippen molar-refractivity contribution in [3.8, 4) is 0 Å². The summed E-state index contributed by atoms with van der Waals surface area (Å²) in [7, 11) is 0. The maximum absolute atomic E-state index is 12.9. The topological polar surface area (TPSA) is 66.4 Å². The van der Waals surface area contributed by atoms with Crippen molar-refractivity contribution in [1.82, 2.24) is 14.9 Å². The number of rotatable bonds is 4. The summed E-state index contributed by atoms with van der Waals surface area (Å²) in [5, 5.41) is 0.